The van der Waals surface area contributed by atoms with E-state index in [0.29, 0.717) is 47.0 Å². The molecular formula is C41H44F3N3O8S. The average Bonchev–Trinajstić information content (AvgIpc) is 3.17. The zero-order valence-corrected chi connectivity index (χ0v) is 32.0. The van der Waals surface area contributed by atoms with Gasteiger partial charge in [0.2, 0.25) is 11.8 Å². The molecule has 2 amide bonds. The van der Waals surface area contributed by atoms with Crippen LogP contribution in [0.4, 0.5) is 13.2 Å². The van der Waals surface area contributed by atoms with E-state index < -0.39 is 57.1 Å². The van der Waals surface area contributed by atoms with Gasteiger partial charge in [-0.05, 0) is 72.5 Å². The van der Waals surface area contributed by atoms with Crippen LogP contribution in [0.3, 0.4) is 0 Å². The molecule has 0 unspecified atom stereocenters. The standard InChI is InChI=1S/C41H44F3N3O8S/c1-4-24-46(26-28-16-20-32(21-17-28)54-30-12-8-6-9-13-30)38(48)34-35(37(36(34)40(50)53-3)45-56(51,52)41(42,43)44)39(49)47(25-5-2)27-29-18-22-33(23-19-29)55-31-14-10-7-11-15-31/h6-23,34-37,45H,4-5,24-27H2,1-3H3/t34-,35-,36-,37-/m0/s1. The number of ether oxygens (including phenoxy) is 3. The first-order chi connectivity index (χ1) is 26.8. The van der Waals surface area contributed by atoms with Gasteiger partial charge in [0.1, 0.15) is 23.0 Å². The summed E-state index contributed by atoms with van der Waals surface area (Å²) in [4.78, 5) is 45.0. The summed E-state index contributed by atoms with van der Waals surface area (Å²) in [6, 6.07) is 30.0. The van der Waals surface area contributed by atoms with Crippen molar-refractivity contribution in [2.24, 2.45) is 17.8 Å². The summed E-state index contributed by atoms with van der Waals surface area (Å²) >= 11 is 0. The van der Waals surface area contributed by atoms with Gasteiger partial charge in [0.25, 0.3) is 0 Å². The van der Waals surface area contributed by atoms with E-state index in [4.69, 9.17) is 14.2 Å². The van der Waals surface area contributed by atoms with Crippen LogP contribution < -0.4 is 14.2 Å². The second kappa shape index (κ2) is 18.5. The number of alkyl halides is 3. The predicted molar refractivity (Wildman–Crippen MR) is 202 cm³/mol. The Morgan fingerprint density at radius 1 is 0.625 bits per heavy atom. The fourth-order valence-corrected chi connectivity index (χ4v) is 7.48. The molecule has 0 aliphatic heterocycles. The van der Waals surface area contributed by atoms with Gasteiger partial charge in [-0.15, -0.1) is 0 Å². The lowest BCUT2D eigenvalue weighted by molar-refractivity contribution is -0.174. The lowest BCUT2D eigenvalue weighted by atomic mass is 9.59. The fourth-order valence-electron chi connectivity index (χ4n) is 6.70. The number of methoxy groups -OCH3 is 1. The molecule has 0 bridgehead atoms. The Morgan fingerprint density at radius 2 is 1.02 bits per heavy atom. The molecule has 298 valence electrons. The van der Waals surface area contributed by atoms with Crippen molar-refractivity contribution in [3.8, 4) is 23.0 Å². The van der Waals surface area contributed by atoms with Gasteiger partial charge in [-0.25, -0.2) is 13.1 Å². The highest BCUT2D eigenvalue weighted by atomic mass is 32.2. The smallest absolute Gasteiger partial charge is 0.469 e. The molecule has 15 heteroatoms. The number of carbonyl (C=O) groups excluding carboxylic acids is 3. The molecule has 4 aromatic carbocycles. The first-order valence-electron chi connectivity index (χ1n) is 18.1. The lowest BCUT2D eigenvalue weighted by Crippen LogP contribution is -2.70. The minimum Gasteiger partial charge on any atom is -0.469 e. The summed E-state index contributed by atoms with van der Waals surface area (Å²) in [6.45, 7) is 3.90. The highest BCUT2D eigenvalue weighted by Gasteiger charge is 2.65. The van der Waals surface area contributed by atoms with E-state index in [1.807, 2.05) is 43.3 Å². The Labute approximate surface area is 324 Å². The molecule has 11 nitrogen and oxygen atoms in total. The van der Waals surface area contributed by atoms with E-state index in [1.165, 1.54) is 9.80 Å². The van der Waals surface area contributed by atoms with Crippen molar-refractivity contribution in [1.82, 2.24) is 14.5 Å². The highest BCUT2D eigenvalue weighted by molar-refractivity contribution is 7.90. The van der Waals surface area contributed by atoms with Crippen LogP contribution in [0.15, 0.2) is 109 Å². The monoisotopic (exact) mass is 795 g/mol. The molecule has 0 spiro atoms. The van der Waals surface area contributed by atoms with Gasteiger partial charge in [0, 0.05) is 32.2 Å². The molecule has 0 heterocycles. The molecule has 4 aromatic rings. The van der Waals surface area contributed by atoms with Crippen molar-refractivity contribution < 1.29 is 50.2 Å². The molecule has 1 N–H and O–H groups in total. The highest BCUT2D eigenvalue weighted by Crippen LogP contribution is 2.46. The number of benzene rings is 4. The van der Waals surface area contributed by atoms with Gasteiger partial charge in [-0.3, -0.25) is 14.4 Å². The Morgan fingerprint density at radius 3 is 1.39 bits per heavy atom. The quantitative estimate of drug-likeness (QED) is 0.110. The van der Waals surface area contributed by atoms with Crippen LogP contribution in [0, 0.1) is 17.8 Å². The van der Waals surface area contributed by atoms with E-state index in [1.54, 1.807) is 84.4 Å². The van der Waals surface area contributed by atoms with Gasteiger partial charge in [-0.2, -0.15) is 13.2 Å². The van der Waals surface area contributed by atoms with E-state index >= 15 is 0 Å². The SMILES string of the molecule is CCCN(Cc1ccc(Oc2ccccc2)cc1)C(=O)[C@@H]1[C@H](C(=O)OC)[C@@H](NS(=O)(=O)C(F)(F)F)[C@H]1C(=O)N(CCC)Cc1ccc(Oc2ccccc2)cc1. The topological polar surface area (TPSA) is 132 Å². The molecule has 0 radical (unpaired) electrons. The molecule has 0 aromatic heterocycles. The average molecular weight is 796 g/mol. The molecule has 56 heavy (non-hydrogen) atoms. The zero-order valence-electron chi connectivity index (χ0n) is 31.1. The van der Waals surface area contributed by atoms with Gasteiger partial charge < -0.3 is 24.0 Å². The third-order valence-corrected chi connectivity index (χ3v) is 10.5. The summed E-state index contributed by atoms with van der Waals surface area (Å²) in [5, 5.41) is 0. The van der Waals surface area contributed by atoms with Crippen LogP contribution in [0.5, 0.6) is 23.0 Å². The Bertz CT molecular complexity index is 2030. The number of para-hydroxylation sites is 2. The van der Waals surface area contributed by atoms with Crippen molar-refractivity contribution in [3.05, 3.63) is 120 Å². The number of hydrogen-bond donors (Lipinski definition) is 1. The molecule has 1 saturated carbocycles. The third-order valence-electron chi connectivity index (χ3n) is 9.35. The van der Waals surface area contributed by atoms with Crippen LogP contribution in [0.25, 0.3) is 0 Å². The number of rotatable bonds is 17. The fraction of sp³-hybridized carbons (Fsp3) is 0.341. The number of hydrogen-bond acceptors (Lipinski definition) is 8. The van der Waals surface area contributed by atoms with Crippen LogP contribution >= 0.6 is 0 Å². The number of sulfonamides is 1. The largest absolute Gasteiger partial charge is 0.511 e. The van der Waals surface area contributed by atoms with Crippen LogP contribution in [-0.4, -0.2) is 67.8 Å². The second-order valence-electron chi connectivity index (χ2n) is 13.3. The summed E-state index contributed by atoms with van der Waals surface area (Å²) < 4.78 is 84.4. The van der Waals surface area contributed by atoms with Crippen molar-refractivity contribution in [2.45, 2.75) is 51.3 Å². The van der Waals surface area contributed by atoms with Crippen LogP contribution in [0.2, 0.25) is 0 Å². The van der Waals surface area contributed by atoms with E-state index in [9.17, 15) is 36.0 Å². The number of nitrogens with one attached hydrogen (secondary N) is 1. The second-order valence-corrected chi connectivity index (χ2v) is 15.0. The maximum atomic E-state index is 14.5. The number of halogens is 3. The molecule has 1 aliphatic rings. The van der Waals surface area contributed by atoms with Gasteiger partial charge in [-0.1, -0.05) is 74.5 Å². The minimum absolute atomic E-state index is 0.0204. The van der Waals surface area contributed by atoms with Crippen molar-refractivity contribution in [3.63, 3.8) is 0 Å². The first kappa shape index (κ1) is 41.7. The normalized spacial score (nSPS) is 18.0. The lowest BCUT2D eigenvalue weighted by Gasteiger charge is -2.50. The Kier molecular flexibility index (Phi) is 13.8. The first-order valence-corrected chi connectivity index (χ1v) is 19.6. The van der Waals surface area contributed by atoms with E-state index in [2.05, 4.69) is 0 Å². The van der Waals surface area contributed by atoms with Crippen molar-refractivity contribution in [1.29, 1.82) is 0 Å². The third kappa shape index (κ3) is 10.1. The number of carbonyl (C=O) groups is 3. The minimum atomic E-state index is -6.06. The van der Waals surface area contributed by atoms with Crippen LogP contribution in [0.1, 0.15) is 37.8 Å². The number of amides is 2. The van der Waals surface area contributed by atoms with E-state index in [-0.39, 0.29) is 26.2 Å². The van der Waals surface area contributed by atoms with E-state index in [0.717, 1.165) is 7.11 Å². The molecule has 4 atom stereocenters. The predicted octanol–water partition coefficient (Wildman–Crippen LogP) is 7.29. The molecule has 1 aliphatic carbocycles. The van der Waals surface area contributed by atoms with Gasteiger partial charge in [0.15, 0.2) is 0 Å². The summed E-state index contributed by atoms with van der Waals surface area (Å²) in [5.41, 5.74) is -4.45. The summed E-state index contributed by atoms with van der Waals surface area (Å²) in [5.74, 6) is -5.25. The summed E-state index contributed by atoms with van der Waals surface area (Å²) in [6.07, 6.45) is 0.892. The Balaban J connectivity index is 1.44. The molecular weight excluding hydrogens is 752 g/mol. The maximum Gasteiger partial charge on any atom is 0.511 e. The van der Waals surface area contributed by atoms with Crippen LogP contribution in [-0.2, 0) is 42.2 Å². The molecule has 5 rings (SSSR count). The maximum absolute atomic E-state index is 14.5. The van der Waals surface area contributed by atoms with Crippen molar-refractivity contribution in [2.75, 3.05) is 20.2 Å². The number of nitrogens with zero attached hydrogens (tertiary/aromatic N) is 2. The molecule has 1 fully saturated rings. The molecule has 0 saturated heterocycles. The number of esters is 1. The summed E-state index contributed by atoms with van der Waals surface area (Å²) in [7, 11) is -5.08. The zero-order chi connectivity index (χ0) is 40.5. The van der Waals surface area contributed by atoms with Gasteiger partial charge >= 0.3 is 21.5 Å². The van der Waals surface area contributed by atoms with Gasteiger partial charge in [0.05, 0.1) is 24.9 Å². The Hall–Kier alpha value is -5.41. The van der Waals surface area contributed by atoms with Crippen molar-refractivity contribution >= 4 is 27.8 Å².